The van der Waals surface area contributed by atoms with Gasteiger partial charge >= 0.3 is 5.97 Å². The third kappa shape index (κ3) is 3.65. The van der Waals surface area contributed by atoms with Crippen molar-refractivity contribution in [2.45, 2.75) is 26.2 Å². The molecule has 0 bridgehead atoms. The van der Waals surface area contributed by atoms with E-state index < -0.39 is 5.97 Å². The smallest absolute Gasteiger partial charge is 0.303 e. The summed E-state index contributed by atoms with van der Waals surface area (Å²) in [5.41, 5.74) is 2.49. The molecule has 1 N–H and O–H groups in total. The Morgan fingerprint density at radius 2 is 2.21 bits per heavy atom. The SMILES string of the molecule is Cc1ccc(CCCC(=O)O)cc1I. The van der Waals surface area contributed by atoms with E-state index in [0.717, 1.165) is 6.42 Å². The first kappa shape index (κ1) is 11.5. The van der Waals surface area contributed by atoms with Crippen LogP contribution in [-0.4, -0.2) is 11.1 Å². The Morgan fingerprint density at radius 3 is 2.79 bits per heavy atom. The Balaban J connectivity index is 2.51. The highest BCUT2D eigenvalue weighted by molar-refractivity contribution is 14.1. The van der Waals surface area contributed by atoms with Gasteiger partial charge in [0.2, 0.25) is 0 Å². The number of hydrogen-bond acceptors (Lipinski definition) is 1. The van der Waals surface area contributed by atoms with Crippen LogP contribution in [0.5, 0.6) is 0 Å². The quantitative estimate of drug-likeness (QED) is 0.868. The van der Waals surface area contributed by atoms with E-state index in [9.17, 15) is 4.79 Å². The van der Waals surface area contributed by atoms with E-state index in [-0.39, 0.29) is 6.42 Å². The predicted molar refractivity (Wildman–Crippen MR) is 64.5 cm³/mol. The van der Waals surface area contributed by atoms with Crippen molar-refractivity contribution in [3.8, 4) is 0 Å². The van der Waals surface area contributed by atoms with Crippen molar-refractivity contribution < 1.29 is 9.90 Å². The van der Waals surface area contributed by atoms with Crippen molar-refractivity contribution in [2.24, 2.45) is 0 Å². The number of aliphatic carboxylic acids is 1. The number of carbonyl (C=O) groups is 1. The van der Waals surface area contributed by atoms with Crippen LogP contribution < -0.4 is 0 Å². The van der Waals surface area contributed by atoms with Gasteiger partial charge in [0.05, 0.1) is 0 Å². The molecule has 2 nitrogen and oxygen atoms in total. The van der Waals surface area contributed by atoms with Gasteiger partial charge in [0.15, 0.2) is 0 Å². The summed E-state index contributed by atoms with van der Waals surface area (Å²) in [6, 6.07) is 6.27. The zero-order chi connectivity index (χ0) is 10.6. The van der Waals surface area contributed by atoms with E-state index in [1.807, 2.05) is 0 Å². The number of halogens is 1. The first-order valence-electron chi connectivity index (χ1n) is 4.56. The van der Waals surface area contributed by atoms with Gasteiger partial charge in [-0.15, -0.1) is 0 Å². The van der Waals surface area contributed by atoms with Gasteiger partial charge in [-0.2, -0.15) is 0 Å². The van der Waals surface area contributed by atoms with Gasteiger partial charge in [-0.05, 0) is 59.5 Å². The number of hydrogen-bond donors (Lipinski definition) is 1. The lowest BCUT2D eigenvalue weighted by atomic mass is 10.1. The Bertz CT molecular complexity index is 334. The molecular weight excluding hydrogens is 291 g/mol. The summed E-state index contributed by atoms with van der Waals surface area (Å²) in [6.45, 7) is 2.07. The van der Waals surface area contributed by atoms with Crippen LogP contribution in [0.15, 0.2) is 18.2 Å². The predicted octanol–water partition coefficient (Wildman–Crippen LogP) is 3.01. The van der Waals surface area contributed by atoms with E-state index in [0.29, 0.717) is 6.42 Å². The second-order valence-electron chi connectivity index (χ2n) is 3.33. The van der Waals surface area contributed by atoms with Crippen LogP contribution in [0.1, 0.15) is 24.0 Å². The Labute approximate surface area is 97.5 Å². The maximum Gasteiger partial charge on any atom is 0.303 e. The van der Waals surface area contributed by atoms with Crippen LogP contribution >= 0.6 is 22.6 Å². The first-order valence-corrected chi connectivity index (χ1v) is 5.64. The highest BCUT2D eigenvalue weighted by Gasteiger charge is 2.00. The summed E-state index contributed by atoms with van der Waals surface area (Å²) < 4.78 is 1.25. The average molecular weight is 304 g/mol. The number of benzene rings is 1. The van der Waals surface area contributed by atoms with E-state index in [1.165, 1.54) is 14.7 Å². The lowest BCUT2D eigenvalue weighted by Gasteiger charge is -2.02. The molecule has 14 heavy (non-hydrogen) atoms. The minimum Gasteiger partial charge on any atom is -0.481 e. The van der Waals surface area contributed by atoms with Crippen molar-refractivity contribution in [3.05, 3.63) is 32.9 Å². The first-order chi connectivity index (χ1) is 6.59. The van der Waals surface area contributed by atoms with Crippen LogP contribution in [0.3, 0.4) is 0 Å². The summed E-state index contributed by atoms with van der Waals surface area (Å²) in [6.07, 6.45) is 1.82. The van der Waals surface area contributed by atoms with Gasteiger partial charge in [0, 0.05) is 9.99 Å². The molecular formula is C11H13IO2. The van der Waals surface area contributed by atoms with Gasteiger partial charge < -0.3 is 5.11 Å². The monoisotopic (exact) mass is 304 g/mol. The molecule has 0 aliphatic carbocycles. The van der Waals surface area contributed by atoms with Gasteiger partial charge in [-0.25, -0.2) is 0 Å². The maximum atomic E-state index is 10.3. The molecule has 0 aliphatic heterocycles. The summed E-state index contributed by atoms with van der Waals surface area (Å²) in [5.74, 6) is -0.716. The molecule has 0 aromatic heterocycles. The van der Waals surface area contributed by atoms with Crippen LogP contribution in [0.25, 0.3) is 0 Å². The molecule has 0 heterocycles. The third-order valence-electron chi connectivity index (χ3n) is 2.09. The molecule has 1 aromatic carbocycles. The van der Waals surface area contributed by atoms with Gasteiger partial charge in [0.25, 0.3) is 0 Å². The molecule has 0 fully saturated rings. The minimum absolute atomic E-state index is 0.254. The fourth-order valence-electron chi connectivity index (χ4n) is 1.24. The molecule has 0 amide bonds. The summed E-state index contributed by atoms with van der Waals surface area (Å²) in [5, 5.41) is 8.49. The molecule has 0 atom stereocenters. The molecule has 0 aliphatic rings. The largest absolute Gasteiger partial charge is 0.481 e. The Hall–Kier alpha value is -0.580. The molecule has 3 heteroatoms. The summed E-state index contributed by atoms with van der Waals surface area (Å²) >= 11 is 2.30. The zero-order valence-corrected chi connectivity index (χ0v) is 10.2. The van der Waals surface area contributed by atoms with E-state index >= 15 is 0 Å². The standard InChI is InChI=1S/C11H13IO2/c1-8-5-6-9(7-10(8)12)3-2-4-11(13)14/h5-7H,2-4H2,1H3,(H,13,14). The van der Waals surface area contributed by atoms with Gasteiger partial charge in [-0.1, -0.05) is 12.1 Å². The number of aryl methyl sites for hydroxylation is 2. The Kier molecular flexibility index (Phi) is 4.38. The summed E-state index contributed by atoms with van der Waals surface area (Å²) in [7, 11) is 0. The van der Waals surface area contributed by atoms with Crippen LogP contribution in [0.2, 0.25) is 0 Å². The van der Waals surface area contributed by atoms with Crippen LogP contribution in [0, 0.1) is 10.5 Å². The van der Waals surface area contributed by atoms with Gasteiger partial charge in [0.1, 0.15) is 0 Å². The molecule has 0 saturated carbocycles. The molecule has 0 radical (unpaired) electrons. The zero-order valence-electron chi connectivity index (χ0n) is 8.09. The minimum atomic E-state index is -0.716. The van der Waals surface area contributed by atoms with Crippen molar-refractivity contribution >= 4 is 28.6 Å². The molecule has 76 valence electrons. The van der Waals surface area contributed by atoms with E-state index in [2.05, 4.69) is 47.7 Å². The molecule has 1 aromatic rings. The van der Waals surface area contributed by atoms with Gasteiger partial charge in [-0.3, -0.25) is 4.79 Å². The Morgan fingerprint density at radius 1 is 1.50 bits per heavy atom. The lowest BCUT2D eigenvalue weighted by Crippen LogP contribution is -1.96. The molecule has 0 unspecified atom stereocenters. The van der Waals surface area contributed by atoms with E-state index in [4.69, 9.17) is 5.11 Å². The van der Waals surface area contributed by atoms with Crippen molar-refractivity contribution in [3.63, 3.8) is 0 Å². The fraction of sp³-hybridized carbons (Fsp3) is 0.364. The normalized spacial score (nSPS) is 10.1. The number of carboxylic acids is 1. The second-order valence-corrected chi connectivity index (χ2v) is 4.49. The lowest BCUT2D eigenvalue weighted by molar-refractivity contribution is -0.137. The topological polar surface area (TPSA) is 37.3 Å². The molecule has 1 rings (SSSR count). The maximum absolute atomic E-state index is 10.3. The number of carboxylic acid groups (broad SMARTS) is 1. The van der Waals surface area contributed by atoms with Crippen LogP contribution in [-0.2, 0) is 11.2 Å². The van der Waals surface area contributed by atoms with Crippen molar-refractivity contribution in [2.75, 3.05) is 0 Å². The highest BCUT2D eigenvalue weighted by Crippen LogP contribution is 2.15. The highest BCUT2D eigenvalue weighted by atomic mass is 127. The van der Waals surface area contributed by atoms with E-state index in [1.54, 1.807) is 0 Å². The van der Waals surface area contributed by atoms with Crippen molar-refractivity contribution in [1.29, 1.82) is 0 Å². The molecule has 0 spiro atoms. The third-order valence-corrected chi connectivity index (χ3v) is 3.25. The van der Waals surface area contributed by atoms with Crippen molar-refractivity contribution in [1.82, 2.24) is 0 Å². The average Bonchev–Trinajstić information content (AvgIpc) is 2.10. The number of rotatable bonds is 4. The summed E-state index contributed by atoms with van der Waals surface area (Å²) in [4.78, 5) is 10.3. The van der Waals surface area contributed by atoms with Crippen LogP contribution in [0.4, 0.5) is 0 Å². The fourth-order valence-corrected chi connectivity index (χ4v) is 1.82. The molecule has 0 saturated heterocycles. The second kappa shape index (κ2) is 5.34.